The predicted molar refractivity (Wildman–Crippen MR) is 145 cm³/mol. The third kappa shape index (κ3) is 5.26. The number of nitriles is 1. The number of nitrogens with one attached hydrogen (secondary N) is 1. The number of hydrogen-bond donors (Lipinski definition) is 1. The molecule has 1 saturated heterocycles. The summed E-state index contributed by atoms with van der Waals surface area (Å²) in [5.41, 5.74) is 5.63. The minimum atomic E-state index is -0.685. The number of aryl methyl sites for hydroxylation is 1. The van der Waals surface area contributed by atoms with Crippen molar-refractivity contribution in [2.24, 2.45) is 0 Å². The number of pyridine rings is 1. The van der Waals surface area contributed by atoms with Gasteiger partial charge < -0.3 is 15.0 Å². The fourth-order valence-electron chi connectivity index (χ4n) is 4.33. The second-order valence-corrected chi connectivity index (χ2v) is 9.85. The molecule has 0 unspecified atom stereocenters. The number of ether oxygens (including phenoxy) is 1. The van der Waals surface area contributed by atoms with Crippen molar-refractivity contribution >= 4 is 17.3 Å². The molecule has 1 fully saturated rings. The fraction of sp³-hybridized carbons (Fsp3) is 0.276. The molecule has 1 aliphatic rings. The van der Waals surface area contributed by atoms with Gasteiger partial charge in [0.1, 0.15) is 5.69 Å². The van der Waals surface area contributed by atoms with Gasteiger partial charge in [-0.2, -0.15) is 5.26 Å². The molecule has 2 aromatic carbocycles. The van der Waals surface area contributed by atoms with Gasteiger partial charge in [0.05, 0.1) is 48.5 Å². The van der Waals surface area contributed by atoms with Crippen LogP contribution in [0.4, 0.5) is 11.4 Å². The van der Waals surface area contributed by atoms with Gasteiger partial charge in [-0.3, -0.25) is 9.78 Å². The number of carbonyl (C=O) groups excluding carboxylic acids is 1. The van der Waals surface area contributed by atoms with Crippen LogP contribution in [-0.4, -0.2) is 52.2 Å². The van der Waals surface area contributed by atoms with Gasteiger partial charge in [0, 0.05) is 36.1 Å². The molecule has 2 aromatic heterocycles. The van der Waals surface area contributed by atoms with Gasteiger partial charge in [-0.05, 0) is 62.2 Å². The Labute approximate surface area is 221 Å². The first-order valence-electron chi connectivity index (χ1n) is 12.5. The molecule has 4 aromatic rings. The third-order valence-electron chi connectivity index (χ3n) is 6.73. The van der Waals surface area contributed by atoms with Gasteiger partial charge in [-0.25, -0.2) is 4.68 Å². The Balaban J connectivity index is 1.37. The summed E-state index contributed by atoms with van der Waals surface area (Å²) in [7, 11) is 0. The lowest BCUT2D eigenvalue weighted by Crippen LogP contribution is -2.36. The van der Waals surface area contributed by atoms with Gasteiger partial charge in [-0.15, -0.1) is 5.10 Å². The van der Waals surface area contributed by atoms with E-state index in [0.717, 1.165) is 41.2 Å². The molecule has 5 rings (SSSR count). The number of amides is 1. The number of rotatable bonds is 6. The highest BCUT2D eigenvalue weighted by Gasteiger charge is 2.21. The van der Waals surface area contributed by atoms with Crippen molar-refractivity contribution in [3.05, 3.63) is 83.8 Å². The van der Waals surface area contributed by atoms with Gasteiger partial charge >= 0.3 is 0 Å². The average molecular weight is 508 g/mol. The van der Waals surface area contributed by atoms with E-state index in [1.165, 1.54) is 0 Å². The Morgan fingerprint density at radius 3 is 2.71 bits per heavy atom. The fourth-order valence-corrected chi connectivity index (χ4v) is 4.33. The number of morpholine rings is 1. The smallest absolute Gasteiger partial charge is 0.255 e. The van der Waals surface area contributed by atoms with Crippen LogP contribution in [0.1, 0.15) is 35.3 Å². The lowest BCUT2D eigenvalue weighted by molar-refractivity contribution is 0.102. The quantitative estimate of drug-likeness (QED) is 0.408. The van der Waals surface area contributed by atoms with Gasteiger partial charge in [0.25, 0.3) is 5.91 Å². The zero-order valence-corrected chi connectivity index (χ0v) is 21.7. The molecular formula is C29H29N7O2. The topological polar surface area (TPSA) is 109 Å². The molecule has 1 aliphatic heterocycles. The highest BCUT2D eigenvalue weighted by molar-refractivity contribution is 6.04. The van der Waals surface area contributed by atoms with E-state index in [1.54, 1.807) is 29.1 Å². The molecule has 192 valence electrons. The summed E-state index contributed by atoms with van der Waals surface area (Å²) in [6.07, 6.45) is 5.50. The summed E-state index contributed by atoms with van der Waals surface area (Å²) >= 11 is 0. The van der Waals surface area contributed by atoms with Crippen molar-refractivity contribution in [1.29, 1.82) is 5.26 Å². The van der Waals surface area contributed by atoms with E-state index < -0.39 is 5.41 Å². The Morgan fingerprint density at radius 2 is 1.92 bits per heavy atom. The molecule has 3 heterocycles. The maximum absolute atomic E-state index is 13.0. The van der Waals surface area contributed by atoms with Crippen LogP contribution in [0.2, 0.25) is 0 Å². The van der Waals surface area contributed by atoms with E-state index in [2.05, 4.69) is 37.6 Å². The molecule has 0 bridgehead atoms. The lowest BCUT2D eigenvalue weighted by atomic mass is 9.85. The predicted octanol–water partition coefficient (Wildman–Crippen LogP) is 4.53. The normalized spacial score (nSPS) is 13.7. The van der Waals surface area contributed by atoms with Crippen LogP contribution in [-0.2, 0) is 10.2 Å². The average Bonchev–Trinajstić information content (AvgIpc) is 3.45. The molecule has 0 saturated carbocycles. The molecule has 1 N–H and O–H groups in total. The van der Waals surface area contributed by atoms with E-state index in [0.29, 0.717) is 30.2 Å². The van der Waals surface area contributed by atoms with E-state index in [9.17, 15) is 10.1 Å². The Bertz CT molecular complexity index is 1510. The lowest BCUT2D eigenvalue weighted by Gasteiger charge is -2.28. The first-order valence-corrected chi connectivity index (χ1v) is 12.5. The Morgan fingerprint density at radius 1 is 1.11 bits per heavy atom. The molecule has 0 aliphatic carbocycles. The Hall–Kier alpha value is -4.55. The molecule has 1 amide bonds. The van der Waals surface area contributed by atoms with Crippen LogP contribution in [0.15, 0.2) is 67.1 Å². The highest BCUT2D eigenvalue weighted by atomic mass is 16.5. The third-order valence-corrected chi connectivity index (χ3v) is 6.73. The zero-order valence-electron chi connectivity index (χ0n) is 21.7. The van der Waals surface area contributed by atoms with Crippen molar-refractivity contribution < 1.29 is 9.53 Å². The largest absolute Gasteiger partial charge is 0.378 e. The molecular weight excluding hydrogens is 478 g/mol. The minimum Gasteiger partial charge on any atom is -0.378 e. The van der Waals surface area contributed by atoms with Gasteiger partial charge in [-0.1, -0.05) is 23.4 Å². The summed E-state index contributed by atoms with van der Waals surface area (Å²) in [5.74, 6) is -0.249. The van der Waals surface area contributed by atoms with Crippen molar-refractivity contribution in [3.63, 3.8) is 0 Å². The Kier molecular flexibility index (Phi) is 6.90. The number of benzene rings is 2. The first kappa shape index (κ1) is 25.1. The van der Waals surface area contributed by atoms with Crippen molar-refractivity contribution in [3.8, 4) is 23.0 Å². The van der Waals surface area contributed by atoms with Crippen molar-refractivity contribution in [2.75, 3.05) is 36.5 Å². The van der Waals surface area contributed by atoms with Crippen LogP contribution in [0.3, 0.4) is 0 Å². The second kappa shape index (κ2) is 10.4. The number of carbonyl (C=O) groups is 1. The van der Waals surface area contributed by atoms with Crippen LogP contribution in [0, 0.1) is 18.3 Å². The van der Waals surface area contributed by atoms with E-state index >= 15 is 0 Å². The first-order chi connectivity index (χ1) is 18.3. The monoisotopic (exact) mass is 507 g/mol. The van der Waals surface area contributed by atoms with Gasteiger partial charge in [0.15, 0.2) is 0 Å². The molecule has 9 nitrogen and oxygen atoms in total. The maximum Gasteiger partial charge on any atom is 0.255 e. The number of nitrogens with zero attached hydrogens (tertiary/aromatic N) is 6. The van der Waals surface area contributed by atoms with Gasteiger partial charge in [0.2, 0.25) is 0 Å². The number of aromatic nitrogens is 4. The van der Waals surface area contributed by atoms with Crippen molar-refractivity contribution in [2.45, 2.75) is 26.2 Å². The summed E-state index contributed by atoms with van der Waals surface area (Å²) in [4.78, 5) is 19.7. The van der Waals surface area contributed by atoms with Crippen LogP contribution >= 0.6 is 0 Å². The van der Waals surface area contributed by atoms with Crippen LogP contribution in [0.25, 0.3) is 16.9 Å². The van der Waals surface area contributed by atoms with E-state index in [-0.39, 0.29) is 5.91 Å². The molecule has 0 atom stereocenters. The van der Waals surface area contributed by atoms with Crippen molar-refractivity contribution in [1.82, 2.24) is 20.0 Å². The standard InChI is InChI=1S/C29H29N7O2/c1-20-7-8-24(32-28(37)21-5-4-6-23(13-21)29(2,3)19-30)15-27(20)36-18-26(33-34-36)22-14-25(17-31-16-22)35-9-11-38-12-10-35/h4-8,13-18H,9-12H2,1-3H3,(H,32,37). The molecule has 0 spiro atoms. The molecule has 38 heavy (non-hydrogen) atoms. The van der Waals surface area contributed by atoms with Crippen LogP contribution in [0.5, 0.6) is 0 Å². The summed E-state index contributed by atoms with van der Waals surface area (Å²) < 4.78 is 7.16. The highest BCUT2D eigenvalue weighted by Crippen LogP contribution is 2.26. The SMILES string of the molecule is Cc1ccc(NC(=O)c2cccc(C(C)(C)C#N)c2)cc1-n1cc(-c2cncc(N3CCOCC3)c2)nn1. The maximum atomic E-state index is 13.0. The number of anilines is 2. The summed E-state index contributed by atoms with van der Waals surface area (Å²) in [6, 6.07) is 17.2. The molecule has 9 heteroatoms. The zero-order chi connectivity index (χ0) is 26.7. The molecule has 0 radical (unpaired) electrons. The summed E-state index contributed by atoms with van der Waals surface area (Å²) in [5, 5.41) is 21.2. The van der Waals surface area contributed by atoms with E-state index in [4.69, 9.17) is 4.74 Å². The van der Waals surface area contributed by atoms with E-state index in [1.807, 2.05) is 57.4 Å². The summed E-state index contributed by atoms with van der Waals surface area (Å²) in [6.45, 7) is 8.71. The minimum absolute atomic E-state index is 0.249. The second-order valence-electron chi connectivity index (χ2n) is 9.85. The number of hydrogen-bond acceptors (Lipinski definition) is 7. The van der Waals surface area contributed by atoms with Crippen LogP contribution < -0.4 is 10.2 Å².